The summed E-state index contributed by atoms with van der Waals surface area (Å²) in [7, 11) is -9.71. The Morgan fingerprint density at radius 1 is 0.550 bits per heavy atom. The molecule has 60 heavy (non-hydrogen) atoms. The molecule has 0 radical (unpaired) electrons. The summed E-state index contributed by atoms with van der Waals surface area (Å²) in [5.74, 6) is -1.13. The number of hydrogen-bond donors (Lipinski definition) is 5. The summed E-state index contributed by atoms with van der Waals surface area (Å²) in [6, 6.07) is 0. The first-order valence-corrected chi connectivity index (χ1v) is 25.5. The zero-order chi connectivity index (χ0) is 44.6. The maximum absolute atomic E-state index is 12.7. The fraction of sp³-hybridized carbons (Fsp3) is 0.773. The van der Waals surface area contributed by atoms with Gasteiger partial charge in [-0.05, 0) is 44.9 Å². The van der Waals surface area contributed by atoms with Crippen molar-refractivity contribution in [2.75, 3.05) is 26.4 Å². The molecule has 4 atom stereocenters. The second-order valence-corrected chi connectivity index (χ2v) is 17.9. The van der Waals surface area contributed by atoms with Crippen LogP contribution < -0.4 is 0 Å². The van der Waals surface area contributed by atoms with Crippen molar-refractivity contribution in [1.82, 2.24) is 0 Å². The van der Waals surface area contributed by atoms with Gasteiger partial charge in [-0.3, -0.25) is 23.2 Å². The molecular formula is C44H80O14P2. The minimum atomic E-state index is -4.87. The minimum absolute atomic E-state index is 0.0859. The number of carbonyl (C=O) groups excluding carboxylic acids is 2. The molecule has 0 heterocycles. The molecule has 1 unspecified atom stereocenters. The number of carbonyl (C=O) groups is 2. The standard InChI is InChI=1S/C44H80O14P2/c1-3-5-7-9-11-12-13-14-15-16-17-18-22-27-31-35-44(48)58-42(39-57-60(52,53)56-37-41(46)36-55-59(49,50)51)38-54-43(47)34-30-26-23-19-21-25-29-33-40(45)32-28-24-20-10-8-6-4-2/h19-20,23-25,28-29,32,40-42,45-46H,3-18,21-22,26-27,30-31,33-39H2,1-2H3,(H,52,53)(H2,49,50,51)/b23-19+,24-20-,29-25-,32-28-/t40-,41+,42-/m1/s1. The van der Waals surface area contributed by atoms with Crippen LogP contribution in [0.15, 0.2) is 48.6 Å². The molecule has 0 aliphatic heterocycles. The summed E-state index contributed by atoms with van der Waals surface area (Å²) >= 11 is 0. The first kappa shape index (κ1) is 58.0. The number of aliphatic hydroxyl groups is 2. The van der Waals surface area contributed by atoms with Gasteiger partial charge in [-0.25, -0.2) is 9.13 Å². The molecule has 0 aliphatic carbocycles. The molecule has 0 aliphatic rings. The van der Waals surface area contributed by atoms with Crippen molar-refractivity contribution in [3.63, 3.8) is 0 Å². The molecule has 0 aromatic heterocycles. The molecule has 0 spiro atoms. The van der Waals surface area contributed by atoms with Gasteiger partial charge in [-0.15, -0.1) is 0 Å². The molecule has 0 aromatic carbocycles. The Kier molecular flexibility index (Phi) is 38.6. The molecule has 0 saturated heterocycles. The third kappa shape index (κ3) is 42.7. The van der Waals surface area contributed by atoms with Crippen LogP contribution in [0.25, 0.3) is 0 Å². The van der Waals surface area contributed by atoms with Gasteiger partial charge >= 0.3 is 27.6 Å². The predicted molar refractivity (Wildman–Crippen MR) is 236 cm³/mol. The number of rotatable bonds is 42. The van der Waals surface area contributed by atoms with Crippen molar-refractivity contribution in [3.8, 4) is 0 Å². The highest BCUT2D eigenvalue weighted by atomic mass is 31.2. The Morgan fingerprint density at radius 3 is 1.68 bits per heavy atom. The molecule has 0 fully saturated rings. The lowest BCUT2D eigenvalue weighted by atomic mass is 10.0. The van der Waals surface area contributed by atoms with E-state index in [1.165, 1.54) is 83.5 Å². The van der Waals surface area contributed by atoms with Gasteiger partial charge in [0.25, 0.3) is 0 Å². The van der Waals surface area contributed by atoms with Crippen molar-refractivity contribution in [3.05, 3.63) is 48.6 Å². The van der Waals surface area contributed by atoms with E-state index < -0.39 is 72.3 Å². The average Bonchev–Trinajstić information content (AvgIpc) is 3.20. The number of aliphatic hydroxyl groups excluding tert-OH is 2. The number of unbranched alkanes of at least 4 members (excludes halogenated alkanes) is 18. The van der Waals surface area contributed by atoms with E-state index in [-0.39, 0.29) is 12.8 Å². The van der Waals surface area contributed by atoms with Gasteiger partial charge in [0.1, 0.15) is 12.7 Å². The van der Waals surface area contributed by atoms with Gasteiger partial charge in [-0.1, -0.05) is 165 Å². The van der Waals surface area contributed by atoms with E-state index in [0.717, 1.165) is 32.1 Å². The van der Waals surface area contributed by atoms with Gasteiger partial charge < -0.3 is 34.4 Å². The lowest BCUT2D eigenvalue weighted by Crippen LogP contribution is -2.30. The van der Waals surface area contributed by atoms with Gasteiger partial charge in [-0.2, -0.15) is 0 Å². The van der Waals surface area contributed by atoms with Crippen LogP contribution in [0.3, 0.4) is 0 Å². The Morgan fingerprint density at radius 2 is 1.07 bits per heavy atom. The summed E-state index contributed by atoms with van der Waals surface area (Å²) in [5, 5.41) is 19.8. The largest absolute Gasteiger partial charge is 0.472 e. The van der Waals surface area contributed by atoms with Crippen molar-refractivity contribution < 1.29 is 66.7 Å². The summed E-state index contributed by atoms with van der Waals surface area (Å²) in [4.78, 5) is 52.7. The summed E-state index contributed by atoms with van der Waals surface area (Å²) in [5.41, 5.74) is 0. The smallest absolute Gasteiger partial charge is 0.462 e. The van der Waals surface area contributed by atoms with Crippen LogP contribution in [-0.4, -0.2) is 81.6 Å². The lowest BCUT2D eigenvalue weighted by Gasteiger charge is -2.20. The number of allylic oxidation sites excluding steroid dienone is 6. The van der Waals surface area contributed by atoms with E-state index in [4.69, 9.17) is 23.8 Å². The first-order chi connectivity index (χ1) is 28.8. The Labute approximate surface area is 361 Å². The number of phosphoric ester groups is 2. The average molecular weight is 895 g/mol. The molecule has 0 bridgehead atoms. The normalized spacial score (nSPS) is 15.0. The van der Waals surface area contributed by atoms with Crippen molar-refractivity contribution >= 4 is 27.6 Å². The molecule has 350 valence electrons. The van der Waals surface area contributed by atoms with E-state index in [1.807, 2.05) is 36.5 Å². The predicted octanol–water partition coefficient (Wildman–Crippen LogP) is 10.4. The number of phosphoric acid groups is 2. The molecule has 0 aromatic rings. The van der Waals surface area contributed by atoms with Crippen LogP contribution in [0.2, 0.25) is 0 Å². The third-order valence-corrected chi connectivity index (χ3v) is 10.7. The second-order valence-electron chi connectivity index (χ2n) is 15.2. The maximum atomic E-state index is 12.7. The number of esters is 2. The SMILES string of the molecule is CCCCC/C=C\C=C/[C@@H](O)C/C=C\C/C=C/CCCC(=O)OC[C@H](COP(=O)(O)OC[C@@H](O)COP(=O)(O)O)OC(=O)CCCCCCCCCCCCCCCCC. The summed E-state index contributed by atoms with van der Waals surface area (Å²) in [6.45, 7) is 1.59. The van der Waals surface area contributed by atoms with Crippen molar-refractivity contribution in [2.45, 2.75) is 193 Å². The van der Waals surface area contributed by atoms with Crippen LogP contribution in [0.1, 0.15) is 174 Å². The van der Waals surface area contributed by atoms with Crippen molar-refractivity contribution in [1.29, 1.82) is 0 Å². The maximum Gasteiger partial charge on any atom is 0.472 e. The Hall–Kier alpha value is -1.96. The molecule has 14 nitrogen and oxygen atoms in total. The first-order valence-electron chi connectivity index (χ1n) is 22.4. The zero-order valence-corrected chi connectivity index (χ0v) is 38.5. The highest BCUT2D eigenvalue weighted by Crippen LogP contribution is 2.43. The van der Waals surface area contributed by atoms with Gasteiger partial charge in [0, 0.05) is 12.8 Å². The summed E-state index contributed by atoms with van der Waals surface area (Å²) < 4.78 is 47.7. The van der Waals surface area contributed by atoms with E-state index in [2.05, 4.69) is 29.0 Å². The van der Waals surface area contributed by atoms with Crippen LogP contribution in [0.5, 0.6) is 0 Å². The quantitative estimate of drug-likeness (QED) is 0.0127. The highest BCUT2D eigenvalue weighted by molar-refractivity contribution is 7.47. The van der Waals surface area contributed by atoms with Crippen LogP contribution in [-0.2, 0) is 41.8 Å². The topological polar surface area (TPSA) is 216 Å². The number of ether oxygens (including phenoxy) is 2. The van der Waals surface area contributed by atoms with Crippen LogP contribution in [0.4, 0.5) is 0 Å². The molecular weight excluding hydrogens is 814 g/mol. The van der Waals surface area contributed by atoms with Gasteiger partial charge in [0.2, 0.25) is 0 Å². The molecule has 0 amide bonds. The fourth-order valence-electron chi connectivity index (χ4n) is 5.83. The van der Waals surface area contributed by atoms with E-state index in [9.17, 15) is 33.8 Å². The third-order valence-electron chi connectivity index (χ3n) is 9.29. The molecule has 0 saturated carbocycles. The monoisotopic (exact) mass is 895 g/mol. The Bertz CT molecular complexity index is 1270. The van der Waals surface area contributed by atoms with E-state index in [0.29, 0.717) is 32.1 Å². The zero-order valence-electron chi connectivity index (χ0n) is 36.7. The molecule has 16 heteroatoms. The fourth-order valence-corrected chi connectivity index (χ4v) is 6.99. The Balaban J connectivity index is 4.64. The van der Waals surface area contributed by atoms with E-state index >= 15 is 0 Å². The summed E-state index contributed by atoms with van der Waals surface area (Å²) in [6.07, 6.45) is 37.0. The van der Waals surface area contributed by atoms with Crippen LogP contribution in [0, 0.1) is 0 Å². The second kappa shape index (κ2) is 39.9. The minimum Gasteiger partial charge on any atom is -0.462 e. The highest BCUT2D eigenvalue weighted by Gasteiger charge is 2.28. The van der Waals surface area contributed by atoms with Gasteiger partial charge in [0.05, 0.1) is 25.9 Å². The van der Waals surface area contributed by atoms with Crippen molar-refractivity contribution in [2.24, 2.45) is 0 Å². The number of hydrogen-bond acceptors (Lipinski definition) is 11. The van der Waals surface area contributed by atoms with Crippen LogP contribution >= 0.6 is 15.6 Å². The molecule has 5 N–H and O–H groups in total. The molecule has 0 rings (SSSR count). The van der Waals surface area contributed by atoms with Gasteiger partial charge in [0.15, 0.2) is 6.10 Å². The lowest BCUT2D eigenvalue weighted by molar-refractivity contribution is -0.161. The van der Waals surface area contributed by atoms with E-state index in [1.54, 1.807) is 6.08 Å².